The summed E-state index contributed by atoms with van der Waals surface area (Å²) in [5.74, 6) is 0.366. The van der Waals surface area contributed by atoms with Crippen molar-refractivity contribution in [1.82, 2.24) is 14.9 Å². The van der Waals surface area contributed by atoms with Crippen molar-refractivity contribution < 1.29 is 4.79 Å². The van der Waals surface area contributed by atoms with Crippen molar-refractivity contribution in [2.75, 3.05) is 18.8 Å². The topological polar surface area (TPSA) is 66.1 Å². The number of nitrogens with one attached hydrogen (secondary N) is 1. The molecule has 1 amide bonds. The standard InChI is InChI=1S/C13H21N3O2S/c1-5-10-9(4)14-13(15-12(10)18)19-8-11(17)16(6-2)7-3/h5-8H2,1-4H3,(H,14,15,18). The minimum Gasteiger partial charge on any atom is -0.343 e. The number of carbonyl (C=O) groups is 1. The predicted octanol–water partition coefficient (Wildman–Crippen LogP) is 1.60. The van der Waals surface area contributed by atoms with Crippen molar-refractivity contribution in [1.29, 1.82) is 0 Å². The quantitative estimate of drug-likeness (QED) is 0.636. The number of hydrogen-bond acceptors (Lipinski definition) is 4. The van der Waals surface area contributed by atoms with Gasteiger partial charge in [-0.3, -0.25) is 9.59 Å². The fourth-order valence-electron chi connectivity index (χ4n) is 1.87. The molecule has 0 aromatic carbocycles. The summed E-state index contributed by atoms with van der Waals surface area (Å²) in [6, 6.07) is 0. The lowest BCUT2D eigenvalue weighted by atomic mass is 10.2. The molecule has 0 aliphatic carbocycles. The van der Waals surface area contributed by atoms with Crippen LogP contribution in [0.2, 0.25) is 0 Å². The lowest BCUT2D eigenvalue weighted by Crippen LogP contribution is -2.32. The van der Waals surface area contributed by atoms with Crippen molar-refractivity contribution in [2.45, 2.75) is 39.3 Å². The van der Waals surface area contributed by atoms with Crippen molar-refractivity contribution in [2.24, 2.45) is 0 Å². The van der Waals surface area contributed by atoms with Gasteiger partial charge in [-0.25, -0.2) is 4.98 Å². The molecule has 6 heteroatoms. The first kappa shape index (κ1) is 15.8. The number of rotatable bonds is 6. The largest absolute Gasteiger partial charge is 0.343 e. The number of aromatic nitrogens is 2. The molecule has 0 aliphatic rings. The Hall–Kier alpha value is -1.30. The fraction of sp³-hybridized carbons (Fsp3) is 0.615. The molecule has 0 atom stereocenters. The van der Waals surface area contributed by atoms with Gasteiger partial charge in [0.15, 0.2) is 5.16 Å². The van der Waals surface area contributed by atoms with Gasteiger partial charge in [0, 0.05) is 24.3 Å². The summed E-state index contributed by atoms with van der Waals surface area (Å²) in [6.07, 6.45) is 0.664. The SMILES string of the molecule is CCc1c(C)nc(SCC(=O)N(CC)CC)[nH]c1=O. The molecule has 0 saturated heterocycles. The van der Waals surface area contributed by atoms with Crippen molar-refractivity contribution in [3.05, 3.63) is 21.6 Å². The number of aromatic amines is 1. The minimum absolute atomic E-state index is 0.0647. The fourth-order valence-corrected chi connectivity index (χ4v) is 2.68. The molecule has 1 N–H and O–H groups in total. The second kappa shape index (κ2) is 7.33. The summed E-state index contributed by atoms with van der Waals surface area (Å²) in [6.45, 7) is 9.06. The van der Waals surface area contributed by atoms with Crippen LogP contribution in [0.3, 0.4) is 0 Å². The molecular formula is C13H21N3O2S. The average molecular weight is 283 g/mol. The maximum Gasteiger partial charge on any atom is 0.254 e. The smallest absolute Gasteiger partial charge is 0.254 e. The Kier molecular flexibility index (Phi) is 6.08. The van der Waals surface area contributed by atoms with Crippen LogP contribution in [0.1, 0.15) is 32.0 Å². The Morgan fingerprint density at radius 3 is 2.42 bits per heavy atom. The van der Waals surface area contributed by atoms with Crippen LogP contribution in [0.15, 0.2) is 9.95 Å². The van der Waals surface area contributed by atoms with E-state index in [-0.39, 0.29) is 11.5 Å². The van der Waals surface area contributed by atoms with Crippen LogP contribution in [-0.2, 0) is 11.2 Å². The number of amides is 1. The lowest BCUT2D eigenvalue weighted by Gasteiger charge is -2.17. The molecule has 0 fully saturated rings. The van der Waals surface area contributed by atoms with Crippen molar-refractivity contribution in [3.8, 4) is 0 Å². The predicted molar refractivity (Wildman–Crippen MR) is 77.6 cm³/mol. The summed E-state index contributed by atoms with van der Waals surface area (Å²) in [5, 5.41) is 0.514. The number of hydrogen-bond donors (Lipinski definition) is 1. The molecule has 1 aromatic heterocycles. The first-order chi connectivity index (χ1) is 9.03. The highest BCUT2D eigenvalue weighted by Gasteiger charge is 2.12. The Bertz CT molecular complexity index is 495. The minimum atomic E-state index is -0.104. The van der Waals surface area contributed by atoms with Gasteiger partial charge >= 0.3 is 0 Å². The van der Waals surface area contributed by atoms with E-state index in [0.29, 0.717) is 36.0 Å². The Labute approximate surface area is 117 Å². The van der Waals surface area contributed by atoms with E-state index in [2.05, 4.69) is 9.97 Å². The molecule has 0 spiro atoms. The highest BCUT2D eigenvalue weighted by molar-refractivity contribution is 7.99. The van der Waals surface area contributed by atoms with E-state index in [1.165, 1.54) is 11.8 Å². The summed E-state index contributed by atoms with van der Waals surface area (Å²) in [7, 11) is 0. The van der Waals surface area contributed by atoms with Gasteiger partial charge < -0.3 is 9.88 Å². The third-order valence-electron chi connectivity index (χ3n) is 3.00. The van der Waals surface area contributed by atoms with E-state index in [0.717, 1.165) is 5.69 Å². The van der Waals surface area contributed by atoms with E-state index < -0.39 is 0 Å². The number of carbonyl (C=O) groups excluding carboxylic acids is 1. The van der Waals surface area contributed by atoms with Gasteiger partial charge in [-0.2, -0.15) is 0 Å². The maximum absolute atomic E-state index is 11.9. The van der Waals surface area contributed by atoms with Gasteiger partial charge in [0.05, 0.1) is 5.75 Å². The van der Waals surface area contributed by atoms with Crippen LogP contribution in [0, 0.1) is 6.92 Å². The van der Waals surface area contributed by atoms with E-state index in [1.807, 2.05) is 27.7 Å². The van der Waals surface area contributed by atoms with Gasteiger partial charge in [-0.1, -0.05) is 18.7 Å². The zero-order chi connectivity index (χ0) is 14.4. The lowest BCUT2D eigenvalue weighted by molar-refractivity contribution is -0.127. The molecule has 0 saturated carbocycles. The third-order valence-corrected chi connectivity index (χ3v) is 3.86. The summed E-state index contributed by atoms with van der Waals surface area (Å²) >= 11 is 1.28. The molecule has 1 rings (SSSR count). The highest BCUT2D eigenvalue weighted by atomic mass is 32.2. The highest BCUT2D eigenvalue weighted by Crippen LogP contribution is 2.13. The Morgan fingerprint density at radius 2 is 1.95 bits per heavy atom. The summed E-state index contributed by atoms with van der Waals surface area (Å²) in [5.41, 5.74) is 1.34. The Balaban J connectivity index is 2.74. The second-order valence-corrected chi connectivity index (χ2v) is 5.11. The van der Waals surface area contributed by atoms with Crippen LogP contribution in [-0.4, -0.2) is 39.6 Å². The molecule has 1 heterocycles. The zero-order valence-corrected chi connectivity index (χ0v) is 12.8. The van der Waals surface area contributed by atoms with Crippen LogP contribution >= 0.6 is 11.8 Å². The number of aryl methyl sites for hydroxylation is 1. The van der Waals surface area contributed by atoms with Crippen LogP contribution in [0.5, 0.6) is 0 Å². The molecule has 0 radical (unpaired) electrons. The molecular weight excluding hydrogens is 262 g/mol. The zero-order valence-electron chi connectivity index (χ0n) is 11.9. The molecule has 1 aromatic rings. The van der Waals surface area contributed by atoms with Crippen LogP contribution in [0.25, 0.3) is 0 Å². The van der Waals surface area contributed by atoms with Crippen LogP contribution < -0.4 is 5.56 Å². The number of nitrogens with zero attached hydrogens (tertiary/aromatic N) is 2. The van der Waals surface area contributed by atoms with E-state index in [9.17, 15) is 9.59 Å². The maximum atomic E-state index is 11.9. The van der Waals surface area contributed by atoms with E-state index >= 15 is 0 Å². The first-order valence-corrected chi connectivity index (χ1v) is 7.52. The first-order valence-electron chi connectivity index (χ1n) is 6.53. The molecule has 106 valence electrons. The molecule has 0 aliphatic heterocycles. The summed E-state index contributed by atoms with van der Waals surface area (Å²) < 4.78 is 0. The Morgan fingerprint density at radius 1 is 1.32 bits per heavy atom. The summed E-state index contributed by atoms with van der Waals surface area (Å²) in [4.78, 5) is 32.4. The molecule has 0 bridgehead atoms. The van der Waals surface area contributed by atoms with E-state index in [1.54, 1.807) is 4.90 Å². The monoisotopic (exact) mass is 283 g/mol. The molecule has 5 nitrogen and oxygen atoms in total. The number of H-pyrrole nitrogens is 1. The van der Waals surface area contributed by atoms with Gasteiger partial charge in [-0.05, 0) is 27.2 Å². The van der Waals surface area contributed by atoms with Gasteiger partial charge in [-0.15, -0.1) is 0 Å². The van der Waals surface area contributed by atoms with Crippen molar-refractivity contribution >= 4 is 17.7 Å². The van der Waals surface area contributed by atoms with Gasteiger partial charge in [0.25, 0.3) is 5.56 Å². The second-order valence-electron chi connectivity index (χ2n) is 4.14. The van der Waals surface area contributed by atoms with Gasteiger partial charge in [0.1, 0.15) is 0 Å². The molecule has 0 unspecified atom stereocenters. The third kappa shape index (κ3) is 4.09. The average Bonchev–Trinajstić information content (AvgIpc) is 2.37. The molecule has 19 heavy (non-hydrogen) atoms. The van der Waals surface area contributed by atoms with Crippen molar-refractivity contribution in [3.63, 3.8) is 0 Å². The number of thioether (sulfide) groups is 1. The van der Waals surface area contributed by atoms with Gasteiger partial charge in [0.2, 0.25) is 5.91 Å². The normalized spacial score (nSPS) is 10.5. The van der Waals surface area contributed by atoms with E-state index in [4.69, 9.17) is 0 Å². The van der Waals surface area contributed by atoms with Crippen LogP contribution in [0.4, 0.5) is 0 Å².